The summed E-state index contributed by atoms with van der Waals surface area (Å²) in [7, 11) is 1.68. The first kappa shape index (κ1) is 16.1. The van der Waals surface area contributed by atoms with Gasteiger partial charge in [0.2, 0.25) is 11.8 Å². The molecule has 7 heteroatoms. The smallest absolute Gasteiger partial charge is 0.332 e. The highest BCUT2D eigenvalue weighted by Gasteiger charge is 2.24. The van der Waals surface area contributed by atoms with Crippen LogP contribution in [-0.2, 0) is 0 Å². The van der Waals surface area contributed by atoms with E-state index >= 15 is 0 Å². The molecule has 0 amide bonds. The second kappa shape index (κ2) is 6.02. The first-order chi connectivity index (χ1) is 9.16. The third-order valence-corrected chi connectivity index (χ3v) is 3.52. The van der Waals surface area contributed by atoms with E-state index in [0.29, 0.717) is 24.1 Å². The van der Waals surface area contributed by atoms with Crippen LogP contribution < -0.4 is 10.6 Å². The van der Waals surface area contributed by atoms with Crippen LogP contribution in [0.15, 0.2) is 0 Å². The van der Waals surface area contributed by atoms with E-state index in [9.17, 15) is 10.1 Å². The van der Waals surface area contributed by atoms with Crippen molar-refractivity contribution in [3.63, 3.8) is 0 Å². The highest BCUT2D eigenvalue weighted by Crippen LogP contribution is 2.29. The van der Waals surface area contributed by atoms with Crippen LogP contribution in [0, 0.1) is 28.4 Å². The largest absolute Gasteiger partial charge is 0.364 e. The SMILES string of the molecule is CNc1nc(C)c([N+](=O)[O-])c(NCC(C)C(C)(C)C)n1. The van der Waals surface area contributed by atoms with Crippen LogP contribution in [0.5, 0.6) is 0 Å². The molecule has 20 heavy (non-hydrogen) atoms. The van der Waals surface area contributed by atoms with Crippen LogP contribution in [0.25, 0.3) is 0 Å². The lowest BCUT2D eigenvalue weighted by molar-refractivity contribution is -0.385. The van der Waals surface area contributed by atoms with E-state index in [1.807, 2.05) is 0 Å². The Morgan fingerprint density at radius 3 is 2.40 bits per heavy atom. The molecule has 112 valence electrons. The molecule has 0 radical (unpaired) electrons. The van der Waals surface area contributed by atoms with Crippen molar-refractivity contribution in [1.82, 2.24) is 9.97 Å². The molecule has 7 nitrogen and oxygen atoms in total. The van der Waals surface area contributed by atoms with Gasteiger partial charge in [-0.2, -0.15) is 4.98 Å². The van der Waals surface area contributed by atoms with Crippen molar-refractivity contribution in [2.24, 2.45) is 11.3 Å². The minimum atomic E-state index is -0.446. The minimum absolute atomic E-state index is 0.0647. The molecule has 0 aromatic carbocycles. The van der Waals surface area contributed by atoms with E-state index in [1.54, 1.807) is 14.0 Å². The predicted molar refractivity (Wildman–Crippen MR) is 80.1 cm³/mol. The highest BCUT2D eigenvalue weighted by molar-refractivity contribution is 5.60. The number of anilines is 2. The van der Waals surface area contributed by atoms with Crippen molar-refractivity contribution >= 4 is 17.5 Å². The van der Waals surface area contributed by atoms with Gasteiger partial charge in [-0.05, 0) is 18.3 Å². The minimum Gasteiger partial charge on any atom is -0.364 e. The lowest BCUT2D eigenvalue weighted by Crippen LogP contribution is -2.25. The molecule has 0 aliphatic heterocycles. The maximum atomic E-state index is 11.1. The van der Waals surface area contributed by atoms with E-state index in [0.717, 1.165) is 0 Å². The number of nitrogens with zero attached hydrogens (tertiary/aromatic N) is 3. The predicted octanol–water partition coefficient (Wildman–Crippen LogP) is 2.83. The molecule has 2 N–H and O–H groups in total. The Morgan fingerprint density at radius 1 is 1.35 bits per heavy atom. The number of nitro groups is 1. The number of aromatic nitrogens is 2. The summed E-state index contributed by atoms with van der Waals surface area (Å²) < 4.78 is 0. The third kappa shape index (κ3) is 3.79. The fourth-order valence-corrected chi connectivity index (χ4v) is 1.58. The van der Waals surface area contributed by atoms with Gasteiger partial charge in [-0.1, -0.05) is 27.7 Å². The quantitative estimate of drug-likeness (QED) is 0.636. The van der Waals surface area contributed by atoms with Crippen LogP contribution in [0.4, 0.5) is 17.5 Å². The van der Waals surface area contributed by atoms with Gasteiger partial charge in [0.25, 0.3) is 0 Å². The van der Waals surface area contributed by atoms with Crippen molar-refractivity contribution in [2.75, 3.05) is 24.2 Å². The van der Waals surface area contributed by atoms with Gasteiger partial charge in [0, 0.05) is 13.6 Å². The van der Waals surface area contributed by atoms with Gasteiger partial charge in [0.05, 0.1) is 4.92 Å². The second-order valence-corrected chi connectivity index (χ2v) is 5.98. The molecule has 0 fully saturated rings. The Labute approximate surface area is 119 Å². The van der Waals surface area contributed by atoms with Crippen LogP contribution in [0.3, 0.4) is 0 Å². The van der Waals surface area contributed by atoms with Crippen molar-refractivity contribution in [3.05, 3.63) is 15.8 Å². The van der Waals surface area contributed by atoms with Crippen molar-refractivity contribution in [1.29, 1.82) is 0 Å². The summed E-state index contributed by atoms with van der Waals surface area (Å²) in [5, 5.41) is 17.0. The molecule has 0 saturated carbocycles. The van der Waals surface area contributed by atoms with E-state index in [2.05, 4.69) is 48.3 Å². The molecule has 0 aliphatic carbocycles. The number of hydrogen-bond donors (Lipinski definition) is 2. The zero-order valence-electron chi connectivity index (χ0n) is 12.9. The molecule has 0 aliphatic rings. The molecule has 0 saturated heterocycles. The molecule has 1 aromatic heterocycles. The van der Waals surface area contributed by atoms with Gasteiger partial charge < -0.3 is 10.6 Å². The number of rotatable bonds is 5. The molecule has 0 bridgehead atoms. The first-order valence-corrected chi connectivity index (χ1v) is 6.61. The third-order valence-electron chi connectivity index (χ3n) is 3.52. The average molecular weight is 281 g/mol. The second-order valence-electron chi connectivity index (χ2n) is 5.98. The van der Waals surface area contributed by atoms with E-state index in [1.165, 1.54) is 0 Å². The number of nitrogens with one attached hydrogen (secondary N) is 2. The van der Waals surface area contributed by atoms with Gasteiger partial charge in [-0.15, -0.1) is 0 Å². The van der Waals surface area contributed by atoms with Gasteiger partial charge in [0.15, 0.2) is 0 Å². The van der Waals surface area contributed by atoms with Gasteiger partial charge in [0.1, 0.15) is 5.69 Å². The topological polar surface area (TPSA) is 93.0 Å². The maximum Gasteiger partial charge on any atom is 0.332 e. The maximum absolute atomic E-state index is 11.1. The van der Waals surface area contributed by atoms with Crippen molar-refractivity contribution in [3.8, 4) is 0 Å². The number of hydrogen-bond acceptors (Lipinski definition) is 6. The zero-order valence-corrected chi connectivity index (χ0v) is 12.9. The van der Waals surface area contributed by atoms with Crippen molar-refractivity contribution in [2.45, 2.75) is 34.6 Å². The fourth-order valence-electron chi connectivity index (χ4n) is 1.58. The van der Waals surface area contributed by atoms with Crippen LogP contribution >= 0.6 is 0 Å². The normalized spacial score (nSPS) is 12.9. The van der Waals surface area contributed by atoms with Crippen LogP contribution in [0.1, 0.15) is 33.4 Å². The average Bonchev–Trinajstić information content (AvgIpc) is 2.33. The summed E-state index contributed by atoms with van der Waals surface area (Å²) in [6.45, 7) is 10.7. The molecular weight excluding hydrogens is 258 g/mol. The van der Waals surface area contributed by atoms with E-state index in [-0.39, 0.29) is 16.9 Å². The Hall–Kier alpha value is -1.92. The molecule has 1 unspecified atom stereocenters. The first-order valence-electron chi connectivity index (χ1n) is 6.61. The standard InChI is InChI=1S/C13H23N5O2/c1-8(13(3,4)5)7-15-11-10(18(19)20)9(2)16-12(14-6)17-11/h8H,7H2,1-6H3,(H2,14,15,16,17). The molecule has 1 atom stereocenters. The number of aryl methyl sites for hydroxylation is 1. The summed E-state index contributed by atoms with van der Waals surface area (Å²) >= 11 is 0. The summed E-state index contributed by atoms with van der Waals surface area (Å²) in [6, 6.07) is 0. The summed E-state index contributed by atoms with van der Waals surface area (Å²) in [5.74, 6) is 0.984. The molecule has 0 spiro atoms. The van der Waals surface area contributed by atoms with Gasteiger partial charge in [-0.25, -0.2) is 4.98 Å². The summed E-state index contributed by atoms with van der Waals surface area (Å²) in [5.41, 5.74) is 0.403. The van der Waals surface area contributed by atoms with E-state index in [4.69, 9.17) is 0 Å². The highest BCUT2D eigenvalue weighted by atomic mass is 16.6. The fraction of sp³-hybridized carbons (Fsp3) is 0.692. The Morgan fingerprint density at radius 2 is 1.95 bits per heavy atom. The monoisotopic (exact) mass is 281 g/mol. The van der Waals surface area contributed by atoms with Gasteiger partial charge in [-0.3, -0.25) is 10.1 Å². The Bertz CT molecular complexity index is 496. The molecular formula is C13H23N5O2. The Balaban J connectivity index is 3.04. The lowest BCUT2D eigenvalue weighted by atomic mass is 9.82. The Kier molecular flexibility index (Phi) is 4.86. The van der Waals surface area contributed by atoms with Crippen LogP contribution in [0.2, 0.25) is 0 Å². The summed E-state index contributed by atoms with van der Waals surface area (Å²) in [4.78, 5) is 18.9. The zero-order chi connectivity index (χ0) is 15.5. The molecule has 1 heterocycles. The molecule has 1 aromatic rings. The summed E-state index contributed by atoms with van der Waals surface area (Å²) in [6.07, 6.45) is 0. The van der Waals surface area contributed by atoms with Crippen molar-refractivity contribution < 1.29 is 4.92 Å². The lowest BCUT2D eigenvalue weighted by Gasteiger charge is -2.27. The van der Waals surface area contributed by atoms with E-state index < -0.39 is 4.92 Å². The van der Waals surface area contributed by atoms with Crippen LogP contribution in [-0.4, -0.2) is 28.5 Å². The molecule has 1 rings (SSSR count). The van der Waals surface area contributed by atoms with Gasteiger partial charge >= 0.3 is 5.69 Å².